The largest absolute Gasteiger partial charge is 0.410 e. The van der Waals surface area contributed by atoms with Crippen molar-refractivity contribution in [3.63, 3.8) is 0 Å². The van der Waals surface area contributed by atoms with Gasteiger partial charge in [-0.2, -0.15) is 0 Å². The minimum atomic E-state index is -3.16. The van der Waals surface area contributed by atoms with E-state index in [-0.39, 0.29) is 28.9 Å². The van der Waals surface area contributed by atoms with Crippen LogP contribution >= 0.6 is 0 Å². The Kier molecular flexibility index (Phi) is 10.1. The Balaban J connectivity index is 1.75. The van der Waals surface area contributed by atoms with Gasteiger partial charge in [-0.15, -0.1) is 0 Å². The van der Waals surface area contributed by atoms with Crippen LogP contribution in [0.1, 0.15) is 70.1 Å². The molecule has 49 heavy (non-hydrogen) atoms. The van der Waals surface area contributed by atoms with E-state index in [1.807, 2.05) is 54.6 Å². The van der Waals surface area contributed by atoms with E-state index in [0.717, 1.165) is 10.4 Å². The molecule has 0 amide bonds. The van der Waals surface area contributed by atoms with Crippen molar-refractivity contribution in [1.29, 1.82) is 0 Å². The van der Waals surface area contributed by atoms with Crippen LogP contribution < -0.4 is 21.6 Å². The molecule has 1 aliphatic rings. The number of nitrogens with one attached hydrogen (secondary N) is 1. The second kappa shape index (κ2) is 13.6. The Morgan fingerprint density at radius 1 is 0.857 bits per heavy atom. The lowest BCUT2D eigenvalue weighted by Gasteiger charge is -2.46. The first-order valence-corrected chi connectivity index (χ1v) is 21.8. The lowest BCUT2D eigenvalue weighted by Crippen LogP contribution is -2.69. The van der Waals surface area contributed by atoms with E-state index in [9.17, 15) is 9.59 Å². The fraction of sp³-hybridized carbons (Fsp3) is 0.410. The van der Waals surface area contributed by atoms with Crippen LogP contribution in [0.25, 0.3) is 0 Å². The molecule has 0 unspecified atom stereocenters. The van der Waals surface area contributed by atoms with Crippen LogP contribution in [0.3, 0.4) is 0 Å². The number of rotatable bonds is 10. The third-order valence-corrected chi connectivity index (χ3v) is 19.8. The number of benzene rings is 3. The van der Waals surface area contributed by atoms with Crippen molar-refractivity contribution in [2.24, 2.45) is 0 Å². The van der Waals surface area contributed by atoms with E-state index in [2.05, 4.69) is 83.9 Å². The normalized spacial score (nSPS) is 20.3. The van der Waals surface area contributed by atoms with Crippen LogP contribution in [0.2, 0.25) is 23.2 Å². The molecule has 3 aromatic carbocycles. The lowest BCUT2D eigenvalue weighted by atomic mass is 9.88. The third kappa shape index (κ3) is 6.89. The van der Waals surface area contributed by atoms with Crippen molar-refractivity contribution in [1.82, 2.24) is 9.55 Å². The number of H-pyrrole nitrogens is 1. The summed E-state index contributed by atoms with van der Waals surface area (Å²) >= 11 is 0. The van der Waals surface area contributed by atoms with Crippen molar-refractivity contribution in [3.8, 4) is 0 Å². The van der Waals surface area contributed by atoms with Crippen molar-refractivity contribution < 1.29 is 18.4 Å². The van der Waals surface area contributed by atoms with Gasteiger partial charge in [0.05, 0.1) is 12.7 Å². The monoisotopic (exact) mass is 698 g/mol. The molecule has 260 valence electrons. The molecule has 1 fully saturated rings. The number of aromatic amines is 1. The van der Waals surface area contributed by atoms with E-state index in [0.29, 0.717) is 11.1 Å². The van der Waals surface area contributed by atoms with Gasteiger partial charge >= 0.3 is 5.69 Å². The topological polar surface area (TPSA) is 99.6 Å². The number of carbonyl (C=O) groups is 1. The molecule has 8 nitrogen and oxygen atoms in total. The summed E-state index contributed by atoms with van der Waals surface area (Å²) in [6.45, 7) is 18.9. The van der Waals surface area contributed by atoms with E-state index in [4.69, 9.17) is 13.6 Å². The fourth-order valence-corrected chi connectivity index (χ4v) is 12.5. The van der Waals surface area contributed by atoms with E-state index < -0.39 is 45.8 Å². The van der Waals surface area contributed by atoms with Crippen LogP contribution in [0.4, 0.5) is 0 Å². The van der Waals surface area contributed by atoms with Gasteiger partial charge in [-0.05, 0) is 40.5 Å². The summed E-state index contributed by atoms with van der Waals surface area (Å²) in [6.07, 6.45) is 0.0543. The quantitative estimate of drug-likeness (QED) is 0.153. The number of carbonyl (C=O) groups excluding carboxylic acids is 1. The predicted octanol–water partition coefficient (Wildman–Crippen LogP) is 6.35. The first-order chi connectivity index (χ1) is 22.9. The standard InChI is InChI=1S/C39H50N2O6Si2/c1-28-26-41(36(44)40-35(28)43)33-25-32(47-48(8,9)37(2,3)4)39(46-33,34(42)29-19-13-10-14-20-29)27-45-49(38(5,6)7,30-21-15-11-16-22-30)31-23-17-12-18-24-31/h10-24,26,32-33H,25,27H2,1-9H3,(H,40,43,44)/t32-,33+,39+/m0/s1. The maximum atomic E-state index is 15.1. The zero-order valence-electron chi connectivity index (χ0n) is 30.2. The Labute approximate surface area is 291 Å². The number of hydrogen-bond donors (Lipinski definition) is 1. The summed E-state index contributed by atoms with van der Waals surface area (Å²) in [7, 11) is -5.69. The maximum absolute atomic E-state index is 15.1. The van der Waals surface area contributed by atoms with Gasteiger partial charge < -0.3 is 13.6 Å². The van der Waals surface area contributed by atoms with E-state index >= 15 is 4.79 Å². The Hall–Kier alpha value is -3.68. The van der Waals surface area contributed by atoms with Crippen LogP contribution in [-0.2, 0) is 13.6 Å². The smallest absolute Gasteiger partial charge is 0.330 e. The molecule has 1 N–H and O–H groups in total. The highest BCUT2D eigenvalue weighted by atomic mass is 28.4. The van der Waals surface area contributed by atoms with Crippen LogP contribution in [0.5, 0.6) is 0 Å². The van der Waals surface area contributed by atoms with Gasteiger partial charge in [-0.1, -0.05) is 133 Å². The highest BCUT2D eigenvalue weighted by Crippen LogP contribution is 2.47. The number of nitrogens with zero attached hydrogens (tertiary/aromatic N) is 1. The van der Waals surface area contributed by atoms with Gasteiger partial charge in [-0.3, -0.25) is 19.1 Å². The van der Waals surface area contributed by atoms with Gasteiger partial charge in [0, 0.05) is 23.7 Å². The van der Waals surface area contributed by atoms with Gasteiger partial charge in [-0.25, -0.2) is 4.79 Å². The summed E-state index contributed by atoms with van der Waals surface area (Å²) < 4.78 is 23.0. The molecule has 1 saturated heterocycles. The second-order valence-electron chi connectivity index (χ2n) is 15.7. The minimum absolute atomic E-state index is 0.110. The van der Waals surface area contributed by atoms with Crippen molar-refractivity contribution >= 4 is 32.8 Å². The third-order valence-electron chi connectivity index (χ3n) is 10.3. The molecule has 0 bridgehead atoms. The summed E-state index contributed by atoms with van der Waals surface area (Å²) in [4.78, 5) is 43.2. The molecule has 3 atom stereocenters. The summed E-state index contributed by atoms with van der Waals surface area (Å²) in [5, 5.41) is 1.59. The molecular formula is C39H50N2O6Si2. The van der Waals surface area contributed by atoms with Gasteiger partial charge in [0.25, 0.3) is 13.9 Å². The molecule has 10 heteroatoms. The van der Waals surface area contributed by atoms with Crippen molar-refractivity contribution in [2.45, 2.75) is 96.0 Å². The average Bonchev–Trinajstić information content (AvgIpc) is 3.41. The van der Waals surface area contributed by atoms with Crippen LogP contribution in [0.15, 0.2) is 107 Å². The molecule has 2 heterocycles. The highest BCUT2D eigenvalue weighted by Gasteiger charge is 2.60. The molecule has 0 spiro atoms. The van der Waals surface area contributed by atoms with Crippen LogP contribution in [-0.4, -0.2) is 50.3 Å². The highest BCUT2D eigenvalue weighted by molar-refractivity contribution is 6.99. The number of Topliss-reactive ketones (excluding diaryl/α,β-unsaturated/α-hetero) is 1. The summed E-state index contributed by atoms with van der Waals surface area (Å²) in [5.74, 6) is -0.272. The van der Waals surface area contributed by atoms with Gasteiger partial charge in [0.2, 0.25) is 0 Å². The first-order valence-electron chi connectivity index (χ1n) is 17.0. The average molecular weight is 699 g/mol. The van der Waals surface area contributed by atoms with Crippen molar-refractivity contribution in [2.75, 3.05) is 6.61 Å². The maximum Gasteiger partial charge on any atom is 0.330 e. The molecule has 0 radical (unpaired) electrons. The Morgan fingerprint density at radius 3 is 1.86 bits per heavy atom. The zero-order chi connectivity index (χ0) is 35.8. The molecule has 1 aliphatic heterocycles. The van der Waals surface area contributed by atoms with Gasteiger partial charge in [0.15, 0.2) is 19.7 Å². The molecule has 0 aliphatic carbocycles. The van der Waals surface area contributed by atoms with Crippen LogP contribution in [0, 0.1) is 6.92 Å². The molecule has 1 aromatic heterocycles. The molecule has 4 aromatic rings. The number of ketones is 1. The molecule has 5 rings (SSSR count). The van der Waals surface area contributed by atoms with Gasteiger partial charge in [0.1, 0.15) is 6.23 Å². The van der Waals surface area contributed by atoms with E-state index in [1.54, 1.807) is 19.1 Å². The Bertz CT molecular complexity index is 1840. The zero-order valence-corrected chi connectivity index (χ0v) is 32.2. The predicted molar refractivity (Wildman–Crippen MR) is 200 cm³/mol. The molecule has 0 saturated carbocycles. The second-order valence-corrected chi connectivity index (χ2v) is 24.8. The fourth-order valence-electron chi connectivity index (χ4n) is 6.59. The summed E-state index contributed by atoms with van der Waals surface area (Å²) in [6, 6.07) is 29.6. The number of aromatic nitrogens is 2. The summed E-state index contributed by atoms with van der Waals surface area (Å²) in [5.41, 5.74) is -1.88. The SMILES string of the molecule is Cc1cn([C@H]2C[C@H](O[Si](C)(C)C(C)(C)C)[C@](CO[Si](c3ccccc3)(c3ccccc3)C(C)(C)C)(C(=O)c3ccccc3)O2)c(=O)[nH]c1=O. The number of aryl methyl sites for hydroxylation is 1. The number of ether oxygens (including phenoxy) is 1. The first kappa shape index (κ1) is 36.6. The Morgan fingerprint density at radius 2 is 1.37 bits per heavy atom. The lowest BCUT2D eigenvalue weighted by molar-refractivity contribution is -0.0960. The number of hydrogen-bond acceptors (Lipinski definition) is 6. The van der Waals surface area contributed by atoms with E-state index in [1.165, 1.54) is 10.8 Å². The minimum Gasteiger partial charge on any atom is -0.410 e. The van der Waals surface area contributed by atoms with Crippen molar-refractivity contribution in [3.05, 3.63) is 129 Å². The molecular weight excluding hydrogens is 649 g/mol.